The van der Waals surface area contributed by atoms with E-state index in [1.165, 1.54) is 0 Å². The SMILES string of the molecule is CC(C)(C)c1nc(C(=O)NC2CC=CC2)n[nH]1. The lowest BCUT2D eigenvalue weighted by atomic mass is 9.96. The molecule has 5 heteroatoms. The van der Waals surface area contributed by atoms with E-state index in [0.717, 1.165) is 18.7 Å². The molecule has 0 fully saturated rings. The molecule has 5 nitrogen and oxygen atoms in total. The zero-order valence-electron chi connectivity index (χ0n) is 10.4. The predicted molar refractivity (Wildman–Crippen MR) is 64.7 cm³/mol. The molecule has 0 bridgehead atoms. The zero-order valence-corrected chi connectivity index (χ0v) is 10.4. The van der Waals surface area contributed by atoms with Gasteiger partial charge in [0.25, 0.3) is 5.91 Å². The van der Waals surface area contributed by atoms with Crippen LogP contribution in [0, 0.1) is 0 Å². The number of nitrogens with one attached hydrogen (secondary N) is 2. The summed E-state index contributed by atoms with van der Waals surface area (Å²) in [6.07, 6.45) is 5.93. The number of hydrogen-bond acceptors (Lipinski definition) is 3. The molecule has 0 atom stereocenters. The van der Waals surface area contributed by atoms with E-state index in [4.69, 9.17) is 0 Å². The number of carbonyl (C=O) groups excluding carboxylic acids is 1. The predicted octanol–water partition coefficient (Wildman–Crippen LogP) is 1.55. The van der Waals surface area contributed by atoms with Crippen molar-refractivity contribution in [2.24, 2.45) is 0 Å². The minimum absolute atomic E-state index is 0.125. The Hall–Kier alpha value is -1.65. The molecule has 2 rings (SSSR count). The van der Waals surface area contributed by atoms with Gasteiger partial charge in [0.1, 0.15) is 5.82 Å². The molecule has 1 heterocycles. The Morgan fingerprint density at radius 2 is 2.06 bits per heavy atom. The third-order valence-electron chi connectivity index (χ3n) is 2.74. The van der Waals surface area contributed by atoms with Crippen LogP contribution in [0.15, 0.2) is 12.2 Å². The number of amides is 1. The molecule has 1 amide bonds. The van der Waals surface area contributed by atoms with E-state index >= 15 is 0 Å². The van der Waals surface area contributed by atoms with Crippen molar-refractivity contribution in [1.82, 2.24) is 20.5 Å². The van der Waals surface area contributed by atoms with E-state index in [1.54, 1.807) is 0 Å². The Bertz CT molecular complexity index is 434. The normalized spacial score (nSPS) is 16.4. The molecular weight excluding hydrogens is 216 g/mol. The first-order valence-electron chi connectivity index (χ1n) is 5.85. The maximum Gasteiger partial charge on any atom is 0.291 e. The maximum atomic E-state index is 11.9. The van der Waals surface area contributed by atoms with Gasteiger partial charge in [-0.1, -0.05) is 32.9 Å². The van der Waals surface area contributed by atoms with Gasteiger partial charge in [-0.15, -0.1) is 5.10 Å². The smallest absolute Gasteiger partial charge is 0.291 e. The highest BCUT2D eigenvalue weighted by molar-refractivity contribution is 5.90. The van der Waals surface area contributed by atoms with Crippen molar-refractivity contribution >= 4 is 5.91 Å². The van der Waals surface area contributed by atoms with Crippen molar-refractivity contribution in [1.29, 1.82) is 0 Å². The second-order valence-electron chi connectivity index (χ2n) is 5.37. The zero-order chi connectivity index (χ0) is 12.5. The average Bonchev–Trinajstić information content (AvgIpc) is 2.85. The fraction of sp³-hybridized carbons (Fsp3) is 0.583. The molecule has 1 aliphatic rings. The molecule has 1 aromatic heterocycles. The summed E-state index contributed by atoms with van der Waals surface area (Å²) >= 11 is 0. The lowest BCUT2D eigenvalue weighted by molar-refractivity contribution is 0.0929. The van der Waals surface area contributed by atoms with Crippen molar-refractivity contribution < 1.29 is 4.79 Å². The van der Waals surface area contributed by atoms with Gasteiger partial charge in [-0.2, -0.15) is 0 Å². The van der Waals surface area contributed by atoms with Gasteiger partial charge in [0.2, 0.25) is 5.82 Å². The van der Waals surface area contributed by atoms with Crippen molar-refractivity contribution in [3.8, 4) is 0 Å². The summed E-state index contributed by atoms with van der Waals surface area (Å²) in [5.41, 5.74) is -0.125. The van der Waals surface area contributed by atoms with Crippen LogP contribution in [0.5, 0.6) is 0 Å². The van der Waals surface area contributed by atoms with Crippen molar-refractivity contribution in [2.75, 3.05) is 0 Å². The van der Waals surface area contributed by atoms with Gasteiger partial charge < -0.3 is 5.32 Å². The van der Waals surface area contributed by atoms with Crippen LogP contribution in [-0.4, -0.2) is 27.1 Å². The molecular formula is C12H18N4O. The first-order chi connectivity index (χ1) is 7.97. The highest BCUT2D eigenvalue weighted by atomic mass is 16.2. The highest BCUT2D eigenvalue weighted by Gasteiger charge is 2.22. The summed E-state index contributed by atoms with van der Waals surface area (Å²) in [6, 6.07) is 0.194. The van der Waals surface area contributed by atoms with Crippen LogP contribution in [0.2, 0.25) is 0 Å². The number of aromatic nitrogens is 3. The van der Waals surface area contributed by atoms with Crippen LogP contribution in [-0.2, 0) is 5.41 Å². The molecule has 0 aliphatic heterocycles. The monoisotopic (exact) mass is 234 g/mol. The third-order valence-corrected chi connectivity index (χ3v) is 2.74. The van der Waals surface area contributed by atoms with Gasteiger partial charge in [0.15, 0.2) is 0 Å². The minimum atomic E-state index is -0.203. The van der Waals surface area contributed by atoms with Crippen LogP contribution in [0.1, 0.15) is 50.1 Å². The topological polar surface area (TPSA) is 70.7 Å². The first kappa shape index (κ1) is 11.8. The number of carbonyl (C=O) groups is 1. The molecule has 17 heavy (non-hydrogen) atoms. The number of hydrogen-bond donors (Lipinski definition) is 2. The second kappa shape index (κ2) is 4.31. The van der Waals surface area contributed by atoms with Crippen LogP contribution >= 0.6 is 0 Å². The first-order valence-corrected chi connectivity index (χ1v) is 5.85. The molecule has 2 N–H and O–H groups in total. The molecule has 0 spiro atoms. The van der Waals surface area contributed by atoms with Gasteiger partial charge in [0.05, 0.1) is 0 Å². The average molecular weight is 234 g/mol. The van der Waals surface area contributed by atoms with E-state index in [2.05, 4.69) is 32.7 Å². The van der Waals surface area contributed by atoms with Crippen LogP contribution in [0.3, 0.4) is 0 Å². The number of H-pyrrole nitrogens is 1. The molecule has 1 aromatic rings. The molecule has 0 aromatic carbocycles. The number of aromatic amines is 1. The van der Waals surface area contributed by atoms with Gasteiger partial charge in [-0.3, -0.25) is 9.89 Å². The second-order valence-corrected chi connectivity index (χ2v) is 5.37. The summed E-state index contributed by atoms with van der Waals surface area (Å²) in [5.74, 6) is 0.750. The summed E-state index contributed by atoms with van der Waals surface area (Å²) in [7, 11) is 0. The molecule has 92 valence electrons. The fourth-order valence-electron chi connectivity index (χ4n) is 1.68. The molecule has 0 unspecified atom stereocenters. The summed E-state index contributed by atoms with van der Waals surface area (Å²) < 4.78 is 0. The minimum Gasteiger partial charge on any atom is -0.346 e. The highest BCUT2D eigenvalue weighted by Crippen LogP contribution is 2.17. The van der Waals surface area contributed by atoms with E-state index < -0.39 is 0 Å². The van der Waals surface area contributed by atoms with Crippen molar-refractivity contribution in [3.63, 3.8) is 0 Å². The van der Waals surface area contributed by atoms with Gasteiger partial charge in [-0.05, 0) is 12.8 Å². The lowest BCUT2D eigenvalue weighted by Crippen LogP contribution is -2.33. The van der Waals surface area contributed by atoms with Gasteiger partial charge in [-0.25, -0.2) is 4.98 Å². The van der Waals surface area contributed by atoms with Crippen LogP contribution < -0.4 is 5.32 Å². The lowest BCUT2D eigenvalue weighted by Gasteiger charge is -2.13. The molecule has 0 saturated carbocycles. The summed E-state index contributed by atoms with van der Waals surface area (Å²) in [5, 5.41) is 9.68. The molecule has 0 radical (unpaired) electrons. The Morgan fingerprint density at radius 1 is 1.41 bits per heavy atom. The van der Waals surface area contributed by atoms with Crippen molar-refractivity contribution in [3.05, 3.63) is 23.8 Å². The number of nitrogens with zero attached hydrogens (tertiary/aromatic N) is 2. The van der Waals surface area contributed by atoms with E-state index in [-0.39, 0.29) is 23.2 Å². The largest absolute Gasteiger partial charge is 0.346 e. The quantitative estimate of drug-likeness (QED) is 0.763. The number of rotatable bonds is 2. The third kappa shape index (κ3) is 2.72. The van der Waals surface area contributed by atoms with Crippen molar-refractivity contribution in [2.45, 2.75) is 45.1 Å². The Balaban J connectivity index is 2.02. The summed E-state index contributed by atoms with van der Waals surface area (Å²) in [4.78, 5) is 16.1. The van der Waals surface area contributed by atoms with E-state index in [0.29, 0.717) is 0 Å². The molecule has 1 aliphatic carbocycles. The van der Waals surface area contributed by atoms with Crippen LogP contribution in [0.25, 0.3) is 0 Å². The fourth-order valence-corrected chi connectivity index (χ4v) is 1.68. The maximum absolute atomic E-state index is 11.9. The van der Waals surface area contributed by atoms with E-state index in [1.807, 2.05) is 20.8 Å². The van der Waals surface area contributed by atoms with Crippen LogP contribution in [0.4, 0.5) is 0 Å². The van der Waals surface area contributed by atoms with Gasteiger partial charge >= 0.3 is 0 Å². The van der Waals surface area contributed by atoms with Gasteiger partial charge in [0, 0.05) is 11.5 Å². The Labute approximate surface area is 101 Å². The standard InChI is InChI=1S/C12H18N4O/c1-12(2,3)11-14-9(15-16-11)10(17)13-8-6-4-5-7-8/h4-5,8H,6-7H2,1-3H3,(H,13,17)(H,14,15,16). The summed E-state index contributed by atoms with van der Waals surface area (Å²) in [6.45, 7) is 6.07. The Morgan fingerprint density at radius 3 is 2.59 bits per heavy atom. The molecule has 0 saturated heterocycles. The van der Waals surface area contributed by atoms with E-state index in [9.17, 15) is 4.79 Å². The Kier molecular flexibility index (Phi) is 3.00.